The van der Waals surface area contributed by atoms with Gasteiger partial charge in [0.2, 0.25) is 0 Å². The quantitative estimate of drug-likeness (QED) is 0.895. The summed E-state index contributed by atoms with van der Waals surface area (Å²) in [6.07, 6.45) is 2.53. The lowest BCUT2D eigenvalue weighted by Gasteiger charge is -2.17. The predicted molar refractivity (Wildman–Crippen MR) is 81.5 cm³/mol. The van der Waals surface area contributed by atoms with Gasteiger partial charge in [0, 0.05) is 12.1 Å². The lowest BCUT2D eigenvalue weighted by atomic mass is 9.95. The van der Waals surface area contributed by atoms with Gasteiger partial charge >= 0.3 is 5.97 Å². The molecule has 0 radical (unpaired) electrons. The zero-order valence-corrected chi connectivity index (χ0v) is 12.9. The van der Waals surface area contributed by atoms with E-state index in [1.165, 1.54) is 0 Å². The number of carbonyl (C=O) groups excluding carboxylic acids is 1. The van der Waals surface area contributed by atoms with E-state index in [-0.39, 0.29) is 17.7 Å². The molecule has 1 aromatic carbocycles. The smallest absolute Gasteiger partial charge is 0.306 e. The van der Waals surface area contributed by atoms with Crippen molar-refractivity contribution in [3.05, 3.63) is 34.4 Å². The van der Waals surface area contributed by atoms with E-state index in [1.54, 1.807) is 0 Å². The fourth-order valence-electron chi connectivity index (χ4n) is 3.46. The van der Waals surface area contributed by atoms with E-state index in [1.807, 2.05) is 32.9 Å². The summed E-state index contributed by atoms with van der Waals surface area (Å²) in [5.41, 5.74) is 3.78. The van der Waals surface area contributed by atoms with Crippen molar-refractivity contribution in [2.45, 2.75) is 40.0 Å². The molecule has 0 heterocycles. The van der Waals surface area contributed by atoms with Crippen LogP contribution in [0.4, 0.5) is 0 Å². The Morgan fingerprint density at radius 1 is 1.19 bits per heavy atom. The van der Waals surface area contributed by atoms with Gasteiger partial charge in [0.05, 0.1) is 5.92 Å². The van der Waals surface area contributed by atoms with Gasteiger partial charge < -0.3 is 10.4 Å². The van der Waals surface area contributed by atoms with Crippen LogP contribution in [0.2, 0.25) is 0 Å². The van der Waals surface area contributed by atoms with E-state index in [0.717, 1.165) is 36.0 Å². The van der Waals surface area contributed by atoms with E-state index in [2.05, 4.69) is 5.32 Å². The van der Waals surface area contributed by atoms with Crippen LogP contribution in [-0.2, 0) is 4.79 Å². The first kappa shape index (κ1) is 15.5. The molecule has 0 saturated heterocycles. The highest BCUT2D eigenvalue weighted by molar-refractivity contribution is 5.97. The number of hydrogen-bond acceptors (Lipinski definition) is 2. The van der Waals surface area contributed by atoms with Gasteiger partial charge in [0.15, 0.2) is 0 Å². The molecule has 4 heteroatoms. The maximum Gasteiger partial charge on any atom is 0.306 e. The van der Waals surface area contributed by atoms with Crippen LogP contribution in [-0.4, -0.2) is 23.5 Å². The number of aryl methyl sites for hydroxylation is 3. The summed E-state index contributed by atoms with van der Waals surface area (Å²) in [4.78, 5) is 23.5. The SMILES string of the molecule is Cc1cc(C)c(C(=O)NCC2CCCC2C(=O)O)c(C)c1. The predicted octanol–water partition coefficient (Wildman–Crippen LogP) is 2.84. The minimum atomic E-state index is -0.741. The summed E-state index contributed by atoms with van der Waals surface area (Å²) < 4.78 is 0. The van der Waals surface area contributed by atoms with Crippen LogP contribution in [0.3, 0.4) is 0 Å². The number of rotatable bonds is 4. The molecule has 0 aliphatic heterocycles. The summed E-state index contributed by atoms with van der Waals surface area (Å²) in [5, 5.41) is 12.1. The topological polar surface area (TPSA) is 66.4 Å². The maximum atomic E-state index is 12.4. The van der Waals surface area contributed by atoms with Crippen molar-refractivity contribution in [1.82, 2.24) is 5.32 Å². The summed E-state index contributed by atoms with van der Waals surface area (Å²) in [7, 11) is 0. The Morgan fingerprint density at radius 3 is 2.38 bits per heavy atom. The second-order valence-electron chi connectivity index (χ2n) is 6.12. The van der Waals surface area contributed by atoms with E-state index in [0.29, 0.717) is 12.1 Å². The molecule has 2 rings (SSSR count). The van der Waals surface area contributed by atoms with Crippen LogP contribution in [0.15, 0.2) is 12.1 Å². The molecular weight excluding hydrogens is 266 g/mol. The molecule has 2 N–H and O–H groups in total. The number of amides is 1. The van der Waals surface area contributed by atoms with Gasteiger partial charge in [-0.05, 0) is 50.7 Å². The second-order valence-corrected chi connectivity index (χ2v) is 6.12. The molecule has 1 aromatic rings. The molecular formula is C17H23NO3. The van der Waals surface area contributed by atoms with Crippen LogP contribution in [0.1, 0.15) is 46.3 Å². The van der Waals surface area contributed by atoms with Crippen LogP contribution in [0.25, 0.3) is 0 Å². The van der Waals surface area contributed by atoms with Crippen molar-refractivity contribution in [2.75, 3.05) is 6.54 Å². The van der Waals surface area contributed by atoms with Crippen molar-refractivity contribution in [2.24, 2.45) is 11.8 Å². The van der Waals surface area contributed by atoms with E-state index in [4.69, 9.17) is 0 Å². The maximum absolute atomic E-state index is 12.4. The van der Waals surface area contributed by atoms with Crippen molar-refractivity contribution < 1.29 is 14.7 Å². The summed E-state index contributed by atoms with van der Waals surface area (Å²) in [6, 6.07) is 4.00. The lowest BCUT2D eigenvalue weighted by molar-refractivity contribution is -0.142. The minimum absolute atomic E-state index is 0.0533. The molecule has 1 saturated carbocycles. The molecule has 4 nitrogen and oxygen atoms in total. The first-order valence-electron chi connectivity index (χ1n) is 7.49. The Balaban J connectivity index is 2.04. The Morgan fingerprint density at radius 2 is 1.81 bits per heavy atom. The summed E-state index contributed by atoms with van der Waals surface area (Å²) in [5.74, 6) is -1.10. The molecule has 1 amide bonds. The van der Waals surface area contributed by atoms with Crippen LogP contribution < -0.4 is 5.32 Å². The van der Waals surface area contributed by atoms with E-state index >= 15 is 0 Å². The molecule has 2 unspecified atom stereocenters. The molecule has 21 heavy (non-hydrogen) atoms. The van der Waals surface area contributed by atoms with Crippen molar-refractivity contribution in [1.29, 1.82) is 0 Å². The van der Waals surface area contributed by atoms with Crippen LogP contribution >= 0.6 is 0 Å². The van der Waals surface area contributed by atoms with E-state index in [9.17, 15) is 14.7 Å². The standard InChI is InChI=1S/C17H23NO3/c1-10-7-11(2)15(12(3)8-10)16(19)18-9-13-5-4-6-14(13)17(20)21/h7-8,13-14H,4-6,9H2,1-3H3,(H,18,19)(H,20,21). The molecule has 114 valence electrons. The number of carboxylic acids is 1. The Kier molecular flexibility index (Phi) is 4.66. The zero-order valence-electron chi connectivity index (χ0n) is 12.9. The molecule has 2 atom stereocenters. The largest absolute Gasteiger partial charge is 0.481 e. The van der Waals surface area contributed by atoms with E-state index < -0.39 is 5.97 Å². The minimum Gasteiger partial charge on any atom is -0.481 e. The summed E-state index contributed by atoms with van der Waals surface area (Å²) >= 11 is 0. The first-order valence-corrected chi connectivity index (χ1v) is 7.49. The fraction of sp³-hybridized carbons (Fsp3) is 0.529. The number of carbonyl (C=O) groups is 2. The number of aliphatic carboxylic acids is 1. The molecule has 1 fully saturated rings. The van der Waals surface area contributed by atoms with Gasteiger partial charge in [-0.2, -0.15) is 0 Å². The van der Waals surface area contributed by atoms with Gasteiger partial charge in [-0.25, -0.2) is 0 Å². The molecule has 0 aromatic heterocycles. The van der Waals surface area contributed by atoms with Gasteiger partial charge in [-0.3, -0.25) is 9.59 Å². The zero-order chi connectivity index (χ0) is 15.6. The van der Waals surface area contributed by atoms with Gasteiger partial charge in [-0.1, -0.05) is 24.1 Å². The fourth-order valence-corrected chi connectivity index (χ4v) is 3.46. The highest BCUT2D eigenvalue weighted by Crippen LogP contribution is 2.31. The second kappa shape index (κ2) is 6.29. The lowest BCUT2D eigenvalue weighted by Crippen LogP contribution is -2.33. The number of hydrogen-bond donors (Lipinski definition) is 2. The Labute approximate surface area is 125 Å². The number of benzene rings is 1. The monoisotopic (exact) mass is 289 g/mol. The van der Waals surface area contributed by atoms with Gasteiger partial charge in [0.1, 0.15) is 0 Å². The molecule has 1 aliphatic rings. The van der Waals surface area contributed by atoms with Crippen molar-refractivity contribution in [3.63, 3.8) is 0 Å². The van der Waals surface area contributed by atoms with Gasteiger partial charge in [-0.15, -0.1) is 0 Å². The van der Waals surface area contributed by atoms with Crippen LogP contribution in [0, 0.1) is 32.6 Å². The molecule has 1 aliphatic carbocycles. The number of carboxylic acid groups (broad SMARTS) is 1. The van der Waals surface area contributed by atoms with Crippen molar-refractivity contribution >= 4 is 11.9 Å². The highest BCUT2D eigenvalue weighted by atomic mass is 16.4. The average Bonchev–Trinajstić information content (AvgIpc) is 2.83. The Bertz CT molecular complexity index is 542. The van der Waals surface area contributed by atoms with Crippen LogP contribution in [0.5, 0.6) is 0 Å². The normalized spacial score (nSPS) is 21.3. The summed E-state index contributed by atoms with van der Waals surface area (Å²) in [6.45, 7) is 6.33. The highest BCUT2D eigenvalue weighted by Gasteiger charge is 2.33. The Hall–Kier alpha value is -1.84. The van der Waals surface area contributed by atoms with Crippen molar-refractivity contribution in [3.8, 4) is 0 Å². The molecule has 0 spiro atoms. The number of nitrogens with one attached hydrogen (secondary N) is 1. The van der Waals surface area contributed by atoms with Gasteiger partial charge in [0.25, 0.3) is 5.91 Å². The third-order valence-corrected chi connectivity index (χ3v) is 4.41. The first-order chi connectivity index (χ1) is 9.90. The third kappa shape index (κ3) is 3.43. The third-order valence-electron chi connectivity index (χ3n) is 4.41. The average molecular weight is 289 g/mol. The molecule has 0 bridgehead atoms.